The van der Waals surface area contributed by atoms with E-state index in [4.69, 9.17) is 9.47 Å². The molecule has 0 spiro atoms. The number of aliphatic hydroxyl groups excluding tert-OH is 1. The first-order valence-corrected chi connectivity index (χ1v) is 8.77. The van der Waals surface area contributed by atoms with Crippen LogP contribution in [-0.4, -0.2) is 52.7 Å². The van der Waals surface area contributed by atoms with Gasteiger partial charge in [0.25, 0.3) is 0 Å². The molecule has 1 saturated heterocycles. The molecule has 0 aliphatic carbocycles. The smallest absolute Gasteiger partial charge is 0.124 e. The van der Waals surface area contributed by atoms with Gasteiger partial charge in [0.1, 0.15) is 5.75 Å². The SMILES string of the molecule is COc1ccccc1COC[C@H](O)CN1CCC[C@@H]1c1cnn(C)c1. The predicted molar refractivity (Wildman–Crippen MR) is 95.4 cm³/mol. The number of aliphatic hydroxyl groups is 1. The third kappa shape index (κ3) is 4.60. The minimum Gasteiger partial charge on any atom is -0.496 e. The van der Waals surface area contributed by atoms with E-state index in [1.165, 1.54) is 5.56 Å². The van der Waals surface area contributed by atoms with E-state index in [1.54, 1.807) is 7.11 Å². The Morgan fingerprint density at radius 3 is 2.96 bits per heavy atom. The summed E-state index contributed by atoms with van der Waals surface area (Å²) in [6.07, 6.45) is 5.74. The van der Waals surface area contributed by atoms with Crippen molar-refractivity contribution in [2.24, 2.45) is 7.05 Å². The summed E-state index contributed by atoms with van der Waals surface area (Å²) in [7, 11) is 3.59. The average molecular weight is 345 g/mol. The number of ether oxygens (including phenoxy) is 2. The number of β-amino-alcohol motifs (C(OH)–C–C–N with tert-alkyl or cyclic N) is 1. The number of aryl methyl sites for hydroxylation is 1. The Balaban J connectivity index is 1.48. The predicted octanol–water partition coefficient (Wildman–Crippen LogP) is 2.14. The Bertz CT molecular complexity index is 673. The highest BCUT2D eigenvalue weighted by Gasteiger charge is 2.28. The van der Waals surface area contributed by atoms with Crippen LogP contribution in [0.1, 0.15) is 30.0 Å². The van der Waals surface area contributed by atoms with Crippen LogP contribution in [-0.2, 0) is 18.4 Å². The number of benzene rings is 1. The second-order valence-corrected chi connectivity index (χ2v) is 6.58. The maximum Gasteiger partial charge on any atom is 0.124 e. The van der Waals surface area contributed by atoms with Crippen LogP contribution in [0.15, 0.2) is 36.7 Å². The fraction of sp³-hybridized carbons (Fsp3) is 0.526. The summed E-state index contributed by atoms with van der Waals surface area (Å²) in [6, 6.07) is 8.13. The molecule has 0 bridgehead atoms. The van der Waals surface area contributed by atoms with Gasteiger partial charge in [-0.2, -0.15) is 5.10 Å². The first-order chi connectivity index (χ1) is 12.2. The normalized spacial score (nSPS) is 19.2. The highest BCUT2D eigenvalue weighted by atomic mass is 16.5. The van der Waals surface area contributed by atoms with Gasteiger partial charge >= 0.3 is 0 Å². The van der Waals surface area contributed by atoms with E-state index in [1.807, 2.05) is 42.2 Å². The molecule has 1 fully saturated rings. The lowest BCUT2D eigenvalue weighted by atomic mass is 10.1. The molecule has 0 saturated carbocycles. The minimum absolute atomic E-state index is 0.314. The van der Waals surface area contributed by atoms with Crippen molar-refractivity contribution in [1.82, 2.24) is 14.7 Å². The summed E-state index contributed by atoms with van der Waals surface area (Å²) < 4.78 is 12.9. The molecule has 25 heavy (non-hydrogen) atoms. The Hall–Kier alpha value is -1.89. The van der Waals surface area contributed by atoms with E-state index in [-0.39, 0.29) is 0 Å². The van der Waals surface area contributed by atoms with Gasteiger partial charge in [0, 0.05) is 37.0 Å². The first-order valence-electron chi connectivity index (χ1n) is 8.77. The number of hydrogen-bond acceptors (Lipinski definition) is 5. The fourth-order valence-corrected chi connectivity index (χ4v) is 3.48. The van der Waals surface area contributed by atoms with Gasteiger partial charge in [-0.15, -0.1) is 0 Å². The largest absolute Gasteiger partial charge is 0.496 e. The summed E-state index contributed by atoms with van der Waals surface area (Å²) in [5.74, 6) is 0.813. The van der Waals surface area contributed by atoms with E-state index in [0.717, 1.165) is 30.7 Å². The van der Waals surface area contributed by atoms with Crippen LogP contribution < -0.4 is 4.74 Å². The Labute approximate surface area is 149 Å². The molecule has 2 aromatic rings. The van der Waals surface area contributed by atoms with Gasteiger partial charge in [0.05, 0.1) is 32.6 Å². The summed E-state index contributed by atoms with van der Waals surface area (Å²) in [5, 5.41) is 14.6. The molecule has 1 aliphatic rings. The maximum absolute atomic E-state index is 10.4. The number of aromatic nitrogens is 2. The molecule has 2 atom stereocenters. The third-order valence-electron chi connectivity index (χ3n) is 4.68. The molecule has 136 valence electrons. The zero-order chi connectivity index (χ0) is 17.6. The van der Waals surface area contributed by atoms with Crippen molar-refractivity contribution in [3.8, 4) is 5.75 Å². The number of methoxy groups -OCH3 is 1. The van der Waals surface area contributed by atoms with E-state index in [0.29, 0.717) is 25.8 Å². The molecule has 1 aromatic carbocycles. The molecule has 6 heteroatoms. The number of hydrogen-bond donors (Lipinski definition) is 1. The zero-order valence-corrected chi connectivity index (χ0v) is 15.0. The molecular formula is C19H27N3O3. The quantitative estimate of drug-likeness (QED) is 0.794. The van der Waals surface area contributed by atoms with Crippen molar-refractivity contribution < 1.29 is 14.6 Å². The molecule has 3 rings (SSSR count). The second-order valence-electron chi connectivity index (χ2n) is 6.58. The van der Waals surface area contributed by atoms with Crippen molar-refractivity contribution in [3.63, 3.8) is 0 Å². The van der Waals surface area contributed by atoms with Crippen molar-refractivity contribution in [3.05, 3.63) is 47.8 Å². The molecular weight excluding hydrogens is 318 g/mol. The Morgan fingerprint density at radius 2 is 2.20 bits per heavy atom. The van der Waals surface area contributed by atoms with Crippen molar-refractivity contribution >= 4 is 0 Å². The molecule has 1 N–H and O–H groups in total. The molecule has 0 unspecified atom stereocenters. The Morgan fingerprint density at radius 1 is 1.36 bits per heavy atom. The van der Waals surface area contributed by atoms with Crippen LogP contribution in [0.2, 0.25) is 0 Å². The highest BCUT2D eigenvalue weighted by molar-refractivity contribution is 5.32. The van der Waals surface area contributed by atoms with Crippen molar-refractivity contribution in [1.29, 1.82) is 0 Å². The van der Waals surface area contributed by atoms with Gasteiger partial charge in [-0.05, 0) is 25.5 Å². The summed E-state index contributed by atoms with van der Waals surface area (Å²) in [6.45, 7) is 2.37. The second kappa shape index (κ2) is 8.47. The van der Waals surface area contributed by atoms with Crippen LogP contribution >= 0.6 is 0 Å². The zero-order valence-electron chi connectivity index (χ0n) is 15.0. The van der Waals surface area contributed by atoms with Gasteiger partial charge in [-0.3, -0.25) is 9.58 Å². The van der Waals surface area contributed by atoms with Crippen LogP contribution in [0.5, 0.6) is 5.75 Å². The first kappa shape index (κ1) is 17.9. The van der Waals surface area contributed by atoms with Gasteiger partial charge in [-0.1, -0.05) is 18.2 Å². The van der Waals surface area contributed by atoms with E-state index >= 15 is 0 Å². The molecule has 0 amide bonds. The summed E-state index contributed by atoms with van der Waals surface area (Å²) in [4.78, 5) is 2.33. The Kier molecular flexibility index (Phi) is 6.07. The summed E-state index contributed by atoms with van der Waals surface area (Å²) in [5.41, 5.74) is 2.22. The van der Waals surface area contributed by atoms with E-state index in [9.17, 15) is 5.11 Å². The van der Waals surface area contributed by atoms with E-state index < -0.39 is 6.10 Å². The lowest BCUT2D eigenvalue weighted by Gasteiger charge is -2.26. The molecule has 1 aliphatic heterocycles. The van der Waals surface area contributed by atoms with Crippen LogP contribution in [0.3, 0.4) is 0 Å². The van der Waals surface area contributed by atoms with Gasteiger partial charge in [-0.25, -0.2) is 0 Å². The average Bonchev–Trinajstić information content (AvgIpc) is 3.24. The van der Waals surface area contributed by atoms with Gasteiger partial charge < -0.3 is 14.6 Å². The topological polar surface area (TPSA) is 59.8 Å². The minimum atomic E-state index is -0.507. The number of likely N-dealkylation sites (tertiary alicyclic amines) is 1. The van der Waals surface area contributed by atoms with Gasteiger partial charge in [0.2, 0.25) is 0 Å². The van der Waals surface area contributed by atoms with Crippen LogP contribution in [0, 0.1) is 0 Å². The molecule has 0 radical (unpaired) electrons. The number of nitrogens with zero attached hydrogens (tertiary/aromatic N) is 3. The lowest BCUT2D eigenvalue weighted by molar-refractivity contribution is 0.00724. The lowest BCUT2D eigenvalue weighted by Crippen LogP contribution is -2.34. The van der Waals surface area contributed by atoms with Gasteiger partial charge in [0.15, 0.2) is 0 Å². The monoisotopic (exact) mass is 345 g/mol. The van der Waals surface area contributed by atoms with E-state index in [2.05, 4.69) is 16.2 Å². The van der Waals surface area contributed by atoms with Crippen molar-refractivity contribution in [2.75, 3.05) is 26.8 Å². The number of rotatable bonds is 8. The molecule has 6 nitrogen and oxygen atoms in total. The fourth-order valence-electron chi connectivity index (χ4n) is 3.48. The molecule has 2 heterocycles. The number of para-hydroxylation sites is 1. The van der Waals surface area contributed by atoms with Crippen molar-refractivity contribution in [2.45, 2.75) is 31.6 Å². The maximum atomic E-state index is 10.4. The standard InChI is InChI=1S/C19H27N3O3/c1-21-11-16(10-20-21)18-7-5-9-22(18)12-17(23)14-25-13-15-6-3-4-8-19(15)24-2/h3-4,6,8,10-11,17-18,23H,5,7,9,12-14H2,1-2H3/t17-,18-/m1/s1. The third-order valence-corrected chi connectivity index (χ3v) is 4.68. The highest BCUT2D eigenvalue weighted by Crippen LogP contribution is 2.31. The summed E-state index contributed by atoms with van der Waals surface area (Å²) >= 11 is 0. The van der Waals surface area contributed by atoms with Crippen LogP contribution in [0.4, 0.5) is 0 Å². The van der Waals surface area contributed by atoms with Crippen LogP contribution in [0.25, 0.3) is 0 Å². The molecule has 1 aromatic heterocycles.